The van der Waals surface area contributed by atoms with Crippen LogP contribution in [0, 0.1) is 0 Å². The van der Waals surface area contributed by atoms with Crippen molar-refractivity contribution >= 4 is 27.3 Å². The number of aromatic nitrogens is 2. The first-order valence-electron chi connectivity index (χ1n) is 3.84. The van der Waals surface area contributed by atoms with Crippen LogP contribution in [0.2, 0.25) is 0 Å². The molecule has 1 heterocycles. The van der Waals surface area contributed by atoms with Crippen molar-refractivity contribution in [1.29, 1.82) is 0 Å². The summed E-state index contributed by atoms with van der Waals surface area (Å²) in [6.07, 6.45) is 0.999. The van der Waals surface area contributed by atoms with E-state index in [9.17, 15) is 0 Å². The highest BCUT2D eigenvalue weighted by atomic mass is 79.9. The molecule has 0 spiro atoms. The second-order valence-electron chi connectivity index (χ2n) is 2.37. The average molecular weight is 251 g/mol. The number of halogens is 1. The van der Waals surface area contributed by atoms with Crippen molar-refractivity contribution in [3.63, 3.8) is 0 Å². The van der Waals surface area contributed by atoms with E-state index in [2.05, 4.69) is 33.1 Å². The molecule has 0 radical (unpaired) electrons. The predicted octanol–water partition coefficient (Wildman–Crippen LogP) is 2.78. The third kappa shape index (κ3) is 2.71. The van der Waals surface area contributed by atoms with Crippen LogP contribution < -0.4 is 4.74 Å². The van der Waals surface area contributed by atoms with E-state index < -0.39 is 0 Å². The fourth-order valence-electron chi connectivity index (χ4n) is 0.629. The summed E-state index contributed by atoms with van der Waals surface area (Å²) in [5.41, 5.74) is 0. The maximum atomic E-state index is 5.31. The molecule has 1 atom stereocenters. The first kappa shape index (κ1) is 9.92. The topological polar surface area (TPSA) is 35.0 Å². The van der Waals surface area contributed by atoms with Gasteiger partial charge in [-0.1, -0.05) is 34.2 Å². The number of nitrogens with zero attached hydrogens (tertiary/aromatic N) is 2. The zero-order valence-corrected chi connectivity index (χ0v) is 9.48. The summed E-state index contributed by atoms with van der Waals surface area (Å²) in [5, 5.41) is 9.48. The lowest BCUT2D eigenvalue weighted by Crippen LogP contribution is -1.93. The van der Waals surface area contributed by atoms with Gasteiger partial charge in [-0.2, -0.15) is 0 Å². The molecule has 1 rings (SSSR count). The van der Waals surface area contributed by atoms with Gasteiger partial charge >= 0.3 is 0 Å². The first-order valence-corrected chi connectivity index (χ1v) is 5.57. The van der Waals surface area contributed by atoms with Gasteiger partial charge in [0, 0.05) is 0 Å². The Bertz CT molecular complexity index is 239. The van der Waals surface area contributed by atoms with E-state index in [4.69, 9.17) is 4.74 Å². The van der Waals surface area contributed by atoms with Crippen molar-refractivity contribution in [2.45, 2.75) is 25.1 Å². The van der Waals surface area contributed by atoms with Crippen molar-refractivity contribution < 1.29 is 4.74 Å². The molecule has 3 nitrogen and oxygen atoms in total. The van der Waals surface area contributed by atoms with E-state index in [1.54, 1.807) is 0 Å². The van der Waals surface area contributed by atoms with Crippen LogP contribution in [0.25, 0.3) is 0 Å². The van der Waals surface area contributed by atoms with Crippen molar-refractivity contribution in [3.8, 4) is 5.19 Å². The lowest BCUT2D eigenvalue weighted by molar-refractivity contribution is 0.313. The first-order chi connectivity index (χ1) is 5.74. The van der Waals surface area contributed by atoms with E-state index in [1.165, 1.54) is 11.3 Å². The Morgan fingerprint density at radius 3 is 2.83 bits per heavy atom. The molecule has 0 saturated heterocycles. The van der Waals surface area contributed by atoms with E-state index in [-0.39, 0.29) is 4.83 Å². The zero-order chi connectivity index (χ0) is 8.97. The predicted molar refractivity (Wildman–Crippen MR) is 53.0 cm³/mol. The zero-order valence-electron chi connectivity index (χ0n) is 7.08. The Labute approximate surface area is 84.3 Å². The van der Waals surface area contributed by atoms with Crippen molar-refractivity contribution in [2.75, 3.05) is 6.61 Å². The van der Waals surface area contributed by atoms with Crippen LogP contribution in [0.15, 0.2) is 0 Å². The highest BCUT2D eigenvalue weighted by molar-refractivity contribution is 9.09. The van der Waals surface area contributed by atoms with Gasteiger partial charge in [-0.15, -0.1) is 10.2 Å². The lowest BCUT2D eigenvalue weighted by Gasteiger charge is -1.95. The summed E-state index contributed by atoms with van der Waals surface area (Å²) in [5.74, 6) is 0. The number of alkyl halides is 1. The van der Waals surface area contributed by atoms with E-state index in [1.807, 2.05) is 6.92 Å². The van der Waals surface area contributed by atoms with Crippen LogP contribution in [0.5, 0.6) is 5.19 Å². The average Bonchev–Trinajstić information content (AvgIpc) is 2.48. The van der Waals surface area contributed by atoms with Crippen LogP contribution in [0.4, 0.5) is 0 Å². The van der Waals surface area contributed by atoms with Crippen LogP contribution in [-0.4, -0.2) is 16.8 Å². The van der Waals surface area contributed by atoms with Crippen LogP contribution in [0.1, 0.15) is 30.1 Å². The number of hydrogen-bond acceptors (Lipinski definition) is 4. The second kappa shape index (κ2) is 4.77. The SMILES string of the molecule is CCCOc1nnc(C(C)Br)s1. The Kier molecular flexibility index (Phi) is 3.94. The standard InChI is InChI=1S/C7H11BrN2OS/c1-3-4-11-7-10-9-6(12-7)5(2)8/h5H,3-4H2,1-2H3. The molecule has 5 heteroatoms. The van der Waals surface area contributed by atoms with Gasteiger partial charge in [-0.25, -0.2) is 0 Å². The molecule has 0 amide bonds. The molecule has 0 aromatic carbocycles. The molecule has 1 aromatic heterocycles. The normalized spacial score (nSPS) is 12.9. The molecule has 0 aliphatic heterocycles. The summed E-state index contributed by atoms with van der Waals surface area (Å²) >= 11 is 4.91. The molecular formula is C7H11BrN2OS. The fourth-order valence-corrected chi connectivity index (χ4v) is 1.65. The quantitative estimate of drug-likeness (QED) is 0.772. The summed E-state index contributed by atoms with van der Waals surface area (Å²) in [7, 11) is 0. The minimum atomic E-state index is 0.258. The third-order valence-corrected chi connectivity index (χ3v) is 2.95. The molecule has 0 fully saturated rings. The van der Waals surface area contributed by atoms with Gasteiger partial charge in [0.15, 0.2) is 0 Å². The van der Waals surface area contributed by atoms with Gasteiger partial charge in [0.2, 0.25) is 0 Å². The molecule has 68 valence electrons. The lowest BCUT2D eigenvalue weighted by atomic mass is 10.5. The molecule has 0 aliphatic rings. The summed E-state index contributed by atoms with van der Waals surface area (Å²) in [6.45, 7) is 4.80. The Hall–Kier alpha value is -0.160. The maximum absolute atomic E-state index is 5.31. The molecule has 0 saturated carbocycles. The smallest absolute Gasteiger partial charge is 0.294 e. The number of rotatable bonds is 4. The van der Waals surface area contributed by atoms with E-state index in [0.29, 0.717) is 11.8 Å². The minimum absolute atomic E-state index is 0.258. The van der Waals surface area contributed by atoms with Crippen LogP contribution in [0.3, 0.4) is 0 Å². The minimum Gasteiger partial charge on any atom is -0.469 e. The van der Waals surface area contributed by atoms with Gasteiger partial charge in [0.25, 0.3) is 5.19 Å². The van der Waals surface area contributed by atoms with Gasteiger partial charge in [0.05, 0.1) is 11.4 Å². The largest absolute Gasteiger partial charge is 0.469 e. The van der Waals surface area contributed by atoms with Crippen molar-refractivity contribution in [3.05, 3.63) is 5.01 Å². The van der Waals surface area contributed by atoms with Gasteiger partial charge < -0.3 is 4.74 Å². The highest BCUT2D eigenvalue weighted by Gasteiger charge is 2.08. The molecule has 12 heavy (non-hydrogen) atoms. The molecule has 1 aromatic rings. The molecule has 0 bridgehead atoms. The fraction of sp³-hybridized carbons (Fsp3) is 0.714. The van der Waals surface area contributed by atoms with Gasteiger partial charge in [-0.3, -0.25) is 0 Å². The molecular weight excluding hydrogens is 240 g/mol. The summed E-state index contributed by atoms with van der Waals surface area (Å²) in [4.78, 5) is 0.258. The number of hydrogen-bond donors (Lipinski definition) is 0. The molecule has 1 unspecified atom stereocenters. The van der Waals surface area contributed by atoms with E-state index >= 15 is 0 Å². The highest BCUT2D eigenvalue weighted by Crippen LogP contribution is 2.28. The van der Waals surface area contributed by atoms with Crippen molar-refractivity contribution in [1.82, 2.24) is 10.2 Å². The summed E-state index contributed by atoms with van der Waals surface area (Å²) in [6, 6.07) is 0. The van der Waals surface area contributed by atoms with E-state index in [0.717, 1.165) is 11.4 Å². The monoisotopic (exact) mass is 250 g/mol. The van der Waals surface area contributed by atoms with Gasteiger partial charge in [0.1, 0.15) is 5.01 Å². The Morgan fingerprint density at radius 2 is 2.33 bits per heavy atom. The molecule has 0 N–H and O–H groups in total. The Balaban J connectivity index is 2.52. The Morgan fingerprint density at radius 1 is 1.58 bits per heavy atom. The van der Waals surface area contributed by atoms with Crippen molar-refractivity contribution in [2.24, 2.45) is 0 Å². The summed E-state index contributed by atoms with van der Waals surface area (Å²) < 4.78 is 5.31. The third-order valence-electron chi connectivity index (χ3n) is 1.19. The van der Waals surface area contributed by atoms with Crippen LogP contribution >= 0.6 is 27.3 Å². The van der Waals surface area contributed by atoms with Crippen LogP contribution in [-0.2, 0) is 0 Å². The second-order valence-corrected chi connectivity index (χ2v) is 4.72. The molecule has 0 aliphatic carbocycles. The maximum Gasteiger partial charge on any atom is 0.294 e. The number of ether oxygens (including phenoxy) is 1. The van der Waals surface area contributed by atoms with Gasteiger partial charge in [-0.05, 0) is 13.3 Å².